The fourth-order valence-electron chi connectivity index (χ4n) is 2.06. The van der Waals surface area contributed by atoms with E-state index in [9.17, 15) is 13.2 Å². The van der Waals surface area contributed by atoms with Crippen LogP contribution in [0.5, 0.6) is 0 Å². The Morgan fingerprint density at radius 2 is 1.65 bits per heavy atom. The zero-order chi connectivity index (χ0) is 19.2. The first kappa shape index (κ1) is 19.8. The first-order valence-electron chi connectivity index (χ1n) is 8.26. The molecule has 0 atom stereocenters. The molecule has 8 nitrogen and oxygen atoms in total. The number of amides is 1. The second-order valence-electron chi connectivity index (χ2n) is 5.85. The van der Waals surface area contributed by atoms with E-state index >= 15 is 0 Å². The van der Waals surface area contributed by atoms with Gasteiger partial charge in [-0.1, -0.05) is 13.3 Å². The number of hydrogen-bond donors (Lipinski definition) is 2. The normalized spacial score (nSPS) is 11.4. The minimum atomic E-state index is -3.52. The predicted octanol–water partition coefficient (Wildman–Crippen LogP) is 2.19. The largest absolute Gasteiger partial charge is 0.369 e. The van der Waals surface area contributed by atoms with Crippen LogP contribution in [0, 0.1) is 0 Å². The second kappa shape index (κ2) is 8.72. The Kier molecular flexibility index (Phi) is 6.64. The van der Waals surface area contributed by atoms with Crippen molar-refractivity contribution >= 4 is 27.6 Å². The summed E-state index contributed by atoms with van der Waals surface area (Å²) in [5.74, 6) is 0.579. The van der Waals surface area contributed by atoms with E-state index in [0.717, 1.165) is 23.7 Å². The van der Waals surface area contributed by atoms with Gasteiger partial charge in [0.05, 0.1) is 4.90 Å². The molecule has 0 aliphatic rings. The van der Waals surface area contributed by atoms with Gasteiger partial charge in [0, 0.05) is 26.2 Å². The Morgan fingerprint density at radius 1 is 1.04 bits per heavy atom. The second-order valence-corrected chi connectivity index (χ2v) is 8.00. The van der Waals surface area contributed by atoms with Gasteiger partial charge in [-0.3, -0.25) is 4.79 Å². The molecular formula is C17H23N5O3S. The molecule has 0 unspecified atom stereocenters. The average Bonchev–Trinajstić information content (AvgIpc) is 2.63. The number of rotatable bonds is 8. The summed E-state index contributed by atoms with van der Waals surface area (Å²) in [7, 11) is -0.613. The lowest BCUT2D eigenvalue weighted by Crippen LogP contribution is -2.22. The summed E-state index contributed by atoms with van der Waals surface area (Å²) in [4.78, 5) is 12.4. The SMILES string of the molecule is CCCCNc1ccc(NC(=O)c2ccc(S(=O)(=O)N(C)C)cc2)nn1. The maximum absolute atomic E-state index is 12.3. The maximum atomic E-state index is 12.3. The van der Waals surface area contributed by atoms with E-state index in [0.29, 0.717) is 17.2 Å². The number of unbranched alkanes of at least 4 members (excludes halogenated alkanes) is 1. The maximum Gasteiger partial charge on any atom is 0.256 e. The number of benzene rings is 1. The van der Waals surface area contributed by atoms with Crippen LogP contribution < -0.4 is 10.6 Å². The highest BCUT2D eigenvalue weighted by atomic mass is 32.2. The molecule has 1 aromatic heterocycles. The van der Waals surface area contributed by atoms with E-state index in [4.69, 9.17) is 0 Å². The molecule has 2 N–H and O–H groups in total. The lowest BCUT2D eigenvalue weighted by molar-refractivity contribution is 0.102. The summed E-state index contributed by atoms with van der Waals surface area (Å²) in [5.41, 5.74) is 0.328. The molecule has 140 valence electrons. The van der Waals surface area contributed by atoms with E-state index < -0.39 is 10.0 Å². The van der Waals surface area contributed by atoms with Crippen LogP contribution in [-0.4, -0.2) is 49.5 Å². The number of carbonyl (C=O) groups excluding carboxylic acids is 1. The molecule has 0 spiro atoms. The van der Waals surface area contributed by atoms with Crippen molar-refractivity contribution in [1.29, 1.82) is 0 Å². The Morgan fingerprint density at radius 3 is 2.19 bits per heavy atom. The quantitative estimate of drug-likeness (QED) is 0.684. The third-order valence-corrected chi connectivity index (χ3v) is 5.47. The van der Waals surface area contributed by atoms with Crippen LogP contribution in [0.25, 0.3) is 0 Å². The molecule has 0 saturated carbocycles. The Hall–Kier alpha value is -2.52. The van der Waals surface area contributed by atoms with Crippen molar-refractivity contribution < 1.29 is 13.2 Å². The van der Waals surface area contributed by atoms with Crippen molar-refractivity contribution in [2.24, 2.45) is 0 Å². The molecule has 2 rings (SSSR count). The highest BCUT2D eigenvalue weighted by Gasteiger charge is 2.17. The third-order valence-electron chi connectivity index (χ3n) is 3.64. The van der Waals surface area contributed by atoms with E-state index in [2.05, 4.69) is 27.8 Å². The number of anilines is 2. The molecule has 0 saturated heterocycles. The van der Waals surface area contributed by atoms with Crippen molar-refractivity contribution in [2.75, 3.05) is 31.3 Å². The smallest absolute Gasteiger partial charge is 0.256 e. The summed E-state index contributed by atoms with van der Waals surface area (Å²) < 4.78 is 25.2. The van der Waals surface area contributed by atoms with E-state index in [1.54, 1.807) is 12.1 Å². The molecule has 1 aromatic carbocycles. The van der Waals surface area contributed by atoms with Gasteiger partial charge in [-0.15, -0.1) is 10.2 Å². The Labute approximate surface area is 153 Å². The van der Waals surface area contributed by atoms with Gasteiger partial charge in [0.15, 0.2) is 5.82 Å². The minimum absolute atomic E-state index is 0.126. The van der Waals surface area contributed by atoms with Crippen LogP contribution in [0.1, 0.15) is 30.1 Å². The molecule has 0 radical (unpaired) electrons. The fourth-order valence-corrected chi connectivity index (χ4v) is 2.97. The van der Waals surface area contributed by atoms with Crippen LogP contribution in [0.15, 0.2) is 41.3 Å². The number of aromatic nitrogens is 2. The van der Waals surface area contributed by atoms with Crippen LogP contribution in [-0.2, 0) is 10.0 Å². The molecule has 0 aliphatic carbocycles. The van der Waals surface area contributed by atoms with Gasteiger partial charge in [0.2, 0.25) is 10.0 Å². The first-order valence-corrected chi connectivity index (χ1v) is 9.70. The predicted molar refractivity (Wildman–Crippen MR) is 101 cm³/mol. The molecule has 0 aliphatic heterocycles. The Bertz CT molecular complexity index is 834. The van der Waals surface area contributed by atoms with Crippen molar-refractivity contribution in [1.82, 2.24) is 14.5 Å². The summed E-state index contributed by atoms with van der Waals surface area (Å²) in [6.45, 7) is 2.92. The molecule has 1 amide bonds. The van der Waals surface area contributed by atoms with Gasteiger partial charge < -0.3 is 10.6 Å². The Balaban J connectivity index is 2.01. The van der Waals surface area contributed by atoms with Gasteiger partial charge in [0.1, 0.15) is 5.82 Å². The highest BCUT2D eigenvalue weighted by molar-refractivity contribution is 7.89. The van der Waals surface area contributed by atoms with Crippen LogP contribution in [0.3, 0.4) is 0 Å². The van der Waals surface area contributed by atoms with Gasteiger partial charge >= 0.3 is 0 Å². The zero-order valence-corrected chi connectivity index (χ0v) is 15.9. The number of carbonyl (C=O) groups is 1. The zero-order valence-electron chi connectivity index (χ0n) is 15.1. The van der Waals surface area contributed by atoms with Crippen LogP contribution >= 0.6 is 0 Å². The monoisotopic (exact) mass is 377 g/mol. The average molecular weight is 377 g/mol. The van der Waals surface area contributed by atoms with Gasteiger partial charge in [0.25, 0.3) is 5.91 Å². The van der Waals surface area contributed by atoms with Gasteiger partial charge in [-0.05, 0) is 42.8 Å². The summed E-state index contributed by atoms with van der Waals surface area (Å²) in [6.07, 6.45) is 2.13. The highest BCUT2D eigenvalue weighted by Crippen LogP contribution is 2.15. The van der Waals surface area contributed by atoms with Crippen LogP contribution in [0.2, 0.25) is 0 Å². The molecule has 0 fully saturated rings. The number of nitrogens with one attached hydrogen (secondary N) is 2. The van der Waals surface area contributed by atoms with Crippen molar-refractivity contribution in [2.45, 2.75) is 24.7 Å². The van der Waals surface area contributed by atoms with Crippen LogP contribution in [0.4, 0.5) is 11.6 Å². The standard InChI is InChI=1S/C17H23N5O3S/c1-4-5-12-18-15-10-11-16(21-20-15)19-17(23)13-6-8-14(9-7-13)26(24,25)22(2)3/h6-11H,4-5,12H2,1-3H3,(H,18,20)(H,19,21,23). The lowest BCUT2D eigenvalue weighted by Gasteiger charge is -2.11. The van der Waals surface area contributed by atoms with E-state index in [-0.39, 0.29) is 10.8 Å². The van der Waals surface area contributed by atoms with Gasteiger partial charge in [-0.2, -0.15) is 0 Å². The van der Waals surface area contributed by atoms with E-state index in [1.807, 2.05) is 0 Å². The molecule has 2 aromatic rings. The fraction of sp³-hybridized carbons (Fsp3) is 0.353. The lowest BCUT2D eigenvalue weighted by atomic mass is 10.2. The topological polar surface area (TPSA) is 104 Å². The number of sulfonamides is 1. The first-order chi connectivity index (χ1) is 12.3. The third kappa shape index (κ3) is 4.99. The molecular weight excluding hydrogens is 354 g/mol. The molecule has 0 bridgehead atoms. The summed E-state index contributed by atoms with van der Waals surface area (Å²) >= 11 is 0. The van der Waals surface area contributed by atoms with Crippen molar-refractivity contribution in [3.63, 3.8) is 0 Å². The number of hydrogen-bond acceptors (Lipinski definition) is 6. The molecule has 9 heteroatoms. The van der Waals surface area contributed by atoms with E-state index in [1.165, 1.54) is 38.4 Å². The molecule has 1 heterocycles. The summed E-state index contributed by atoms with van der Waals surface area (Å²) in [5, 5.41) is 13.7. The van der Waals surface area contributed by atoms with Gasteiger partial charge in [-0.25, -0.2) is 12.7 Å². The van der Waals surface area contributed by atoms with Crippen molar-refractivity contribution in [3.8, 4) is 0 Å². The van der Waals surface area contributed by atoms with Crippen molar-refractivity contribution in [3.05, 3.63) is 42.0 Å². The summed E-state index contributed by atoms with van der Waals surface area (Å²) in [6, 6.07) is 9.11. The minimum Gasteiger partial charge on any atom is -0.369 e. The number of nitrogens with zero attached hydrogens (tertiary/aromatic N) is 3. The molecule has 26 heavy (non-hydrogen) atoms.